The Morgan fingerprint density at radius 2 is 2.22 bits per heavy atom. The van der Waals surface area contributed by atoms with Crippen LogP contribution in [-0.4, -0.2) is 31.6 Å². The van der Waals surface area contributed by atoms with E-state index in [0.717, 1.165) is 23.9 Å². The molecule has 0 aliphatic heterocycles. The summed E-state index contributed by atoms with van der Waals surface area (Å²) in [5.41, 5.74) is 7.70. The first-order valence-corrected chi connectivity index (χ1v) is 6.30. The minimum Gasteiger partial charge on any atom is -0.497 e. The number of ether oxygens (including phenoxy) is 1. The molecule has 1 fully saturated rings. The van der Waals surface area contributed by atoms with Crippen LogP contribution < -0.4 is 10.5 Å². The van der Waals surface area contributed by atoms with Gasteiger partial charge in [-0.25, -0.2) is 0 Å². The summed E-state index contributed by atoms with van der Waals surface area (Å²) in [6, 6.07) is 6.77. The van der Waals surface area contributed by atoms with Crippen molar-refractivity contribution in [2.75, 3.05) is 20.7 Å². The lowest BCUT2D eigenvalue weighted by Gasteiger charge is -2.17. The molecular weight excluding hydrogens is 224 g/mol. The fourth-order valence-electron chi connectivity index (χ4n) is 2.01. The number of benzene rings is 1. The second-order valence-corrected chi connectivity index (χ2v) is 4.68. The summed E-state index contributed by atoms with van der Waals surface area (Å²) >= 11 is 0. The molecule has 0 radical (unpaired) electrons. The van der Waals surface area contributed by atoms with E-state index in [-0.39, 0.29) is 0 Å². The maximum absolute atomic E-state index is 5.43. The van der Waals surface area contributed by atoms with E-state index in [1.807, 2.05) is 12.1 Å². The van der Waals surface area contributed by atoms with E-state index in [4.69, 9.17) is 10.5 Å². The SMILES string of the molecule is COc1ccc(C#CCN)c(CN(C)C2CC2)c1. The molecule has 18 heavy (non-hydrogen) atoms. The molecule has 1 aromatic rings. The van der Waals surface area contributed by atoms with Crippen LogP contribution in [0.25, 0.3) is 0 Å². The molecule has 96 valence electrons. The minimum atomic E-state index is 0.393. The lowest BCUT2D eigenvalue weighted by Crippen LogP contribution is -2.20. The summed E-state index contributed by atoms with van der Waals surface area (Å²) in [5.74, 6) is 6.93. The van der Waals surface area contributed by atoms with Crippen LogP contribution in [0.15, 0.2) is 18.2 Å². The Morgan fingerprint density at radius 3 is 2.83 bits per heavy atom. The largest absolute Gasteiger partial charge is 0.497 e. The first-order valence-electron chi connectivity index (χ1n) is 6.30. The number of methoxy groups -OCH3 is 1. The van der Waals surface area contributed by atoms with E-state index < -0.39 is 0 Å². The predicted octanol–water partition coefficient (Wildman–Crippen LogP) is 1.60. The average molecular weight is 244 g/mol. The molecule has 1 aliphatic rings. The molecule has 3 nitrogen and oxygen atoms in total. The molecule has 0 aromatic heterocycles. The van der Waals surface area contributed by atoms with Gasteiger partial charge in [-0.05, 0) is 43.7 Å². The molecule has 2 rings (SSSR count). The molecule has 0 heterocycles. The highest BCUT2D eigenvalue weighted by Crippen LogP contribution is 2.28. The molecule has 0 atom stereocenters. The first kappa shape index (κ1) is 12.9. The zero-order valence-corrected chi connectivity index (χ0v) is 11.1. The summed E-state index contributed by atoms with van der Waals surface area (Å²) < 4.78 is 5.28. The van der Waals surface area contributed by atoms with E-state index in [0.29, 0.717) is 6.54 Å². The number of nitrogens with two attached hydrogens (primary N) is 1. The van der Waals surface area contributed by atoms with Crippen LogP contribution in [0.3, 0.4) is 0 Å². The highest BCUT2D eigenvalue weighted by atomic mass is 16.5. The quantitative estimate of drug-likeness (QED) is 0.818. The van der Waals surface area contributed by atoms with Crippen LogP contribution in [0.1, 0.15) is 24.0 Å². The summed E-state index contributed by atoms with van der Waals surface area (Å²) in [5, 5.41) is 0. The summed E-state index contributed by atoms with van der Waals surface area (Å²) in [4.78, 5) is 2.38. The Hall–Kier alpha value is -1.50. The molecule has 1 saturated carbocycles. The molecular formula is C15H20N2O. The zero-order valence-electron chi connectivity index (χ0n) is 11.1. The maximum Gasteiger partial charge on any atom is 0.119 e. The minimum absolute atomic E-state index is 0.393. The molecule has 1 aromatic carbocycles. The van der Waals surface area contributed by atoms with Gasteiger partial charge in [-0.15, -0.1) is 0 Å². The third kappa shape index (κ3) is 3.25. The van der Waals surface area contributed by atoms with Gasteiger partial charge in [0.15, 0.2) is 0 Å². The van der Waals surface area contributed by atoms with Gasteiger partial charge >= 0.3 is 0 Å². The smallest absolute Gasteiger partial charge is 0.119 e. The third-order valence-corrected chi connectivity index (χ3v) is 3.23. The van der Waals surface area contributed by atoms with Crippen molar-refractivity contribution >= 4 is 0 Å². The van der Waals surface area contributed by atoms with Gasteiger partial charge in [-0.1, -0.05) is 11.8 Å². The van der Waals surface area contributed by atoms with Crippen molar-refractivity contribution in [2.45, 2.75) is 25.4 Å². The van der Waals surface area contributed by atoms with Crippen LogP contribution in [0.5, 0.6) is 5.75 Å². The van der Waals surface area contributed by atoms with Crippen molar-refractivity contribution in [3.63, 3.8) is 0 Å². The van der Waals surface area contributed by atoms with Crippen LogP contribution in [-0.2, 0) is 6.54 Å². The second-order valence-electron chi connectivity index (χ2n) is 4.68. The fraction of sp³-hybridized carbons (Fsp3) is 0.467. The van der Waals surface area contributed by atoms with E-state index in [9.17, 15) is 0 Å². The normalized spacial score (nSPS) is 14.2. The van der Waals surface area contributed by atoms with E-state index in [1.54, 1.807) is 7.11 Å². The van der Waals surface area contributed by atoms with Crippen molar-refractivity contribution in [1.82, 2.24) is 4.90 Å². The molecule has 0 spiro atoms. The number of rotatable bonds is 4. The molecule has 0 unspecified atom stereocenters. The van der Waals surface area contributed by atoms with Gasteiger partial charge < -0.3 is 10.5 Å². The highest BCUT2D eigenvalue weighted by molar-refractivity contribution is 5.45. The zero-order chi connectivity index (χ0) is 13.0. The number of nitrogens with zero attached hydrogens (tertiary/aromatic N) is 1. The van der Waals surface area contributed by atoms with E-state index >= 15 is 0 Å². The Labute approximate surface area is 109 Å². The van der Waals surface area contributed by atoms with Gasteiger partial charge in [0.05, 0.1) is 13.7 Å². The third-order valence-electron chi connectivity index (χ3n) is 3.23. The van der Waals surface area contributed by atoms with Gasteiger partial charge in [0.2, 0.25) is 0 Å². The van der Waals surface area contributed by atoms with Crippen molar-refractivity contribution in [3.8, 4) is 17.6 Å². The second kappa shape index (κ2) is 5.90. The van der Waals surface area contributed by atoms with Crippen LogP contribution >= 0.6 is 0 Å². The van der Waals surface area contributed by atoms with Gasteiger partial charge in [0.1, 0.15) is 5.75 Å². The van der Waals surface area contributed by atoms with Crippen molar-refractivity contribution in [3.05, 3.63) is 29.3 Å². The monoisotopic (exact) mass is 244 g/mol. The van der Waals surface area contributed by atoms with Crippen molar-refractivity contribution < 1.29 is 4.74 Å². The molecule has 1 aliphatic carbocycles. The van der Waals surface area contributed by atoms with Crippen LogP contribution in [0, 0.1) is 11.8 Å². The molecule has 3 heteroatoms. The highest BCUT2D eigenvalue weighted by Gasteiger charge is 2.26. The van der Waals surface area contributed by atoms with Crippen molar-refractivity contribution in [2.24, 2.45) is 5.73 Å². The lowest BCUT2D eigenvalue weighted by molar-refractivity contribution is 0.315. The summed E-state index contributed by atoms with van der Waals surface area (Å²) in [7, 11) is 3.85. The lowest BCUT2D eigenvalue weighted by atomic mass is 10.1. The van der Waals surface area contributed by atoms with Crippen LogP contribution in [0.2, 0.25) is 0 Å². The van der Waals surface area contributed by atoms with Gasteiger partial charge in [-0.2, -0.15) is 0 Å². The summed E-state index contributed by atoms with van der Waals surface area (Å²) in [6.45, 7) is 1.31. The maximum atomic E-state index is 5.43. The first-order chi connectivity index (χ1) is 8.74. The van der Waals surface area contributed by atoms with Crippen LogP contribution in [0.4, 0.5) is 0 Å². The predicted molar refractivity (Wildman–Crippen MR) is 73.4 cm³/mol. The molecule has 0 saturated heterocycles. The van der Waals surface area contributed by atoms with Gasteiger partial charge in [0.25, 0.3) is 0 Å². The summed E-state index contributed by atoms with van der Waals surface area (Å²) in [6.07, 6.45) is 2.62. The Bertz CT molecular complexity index is 469. The van der Waals surface area contributed by atoms with Crippen molar-refractivity contribution in [1.29, 1.82) is 0 Å². The fourth-order valence-corrected chi connectivity index (χ4v) is 2.01. The Balaban J connectivity index is 2.21. The van der Waals surface area contributed by atoms with E-state index in [2.05, 4.69) is 29.9 Å². The number of hydrogen-bond donors (Lipinski definition) is 1. The van der Waals surface area contributed by atoms with E-state index in [1.165, 1.54) is 18.4 Å². The average Bonchev–Trinajstić information content (AvgIpc) is 3.21. The topological polar surface area (TPSA) is 38.5 Å². The molecule has 0 amide bonds. The molecule has 2 N–H and O–H groups in total. The molecule has 0 bridgehead atoms. The van der Waals surface area contributed by atoms with Gasteiger partial charge in [0, 0.05) is 18.2 Å². The van der Waals surface area contributed by atoms with Gasteiger partial charge in [-0.3, -0.25) is 4.90 Å². The number of hydrogen-bond acceptors (Lipinski definition) is 3. The Morgan fingerprint density at radius 1 is 1.44 bits per heavy atom. The Kier molecular flexibility index (Phi) is 4.24. The standard InChI is InChI=1S/C15H20N2O/c1-17(14-6-7-14)11-13-10-15(18-2)8-5-12(13)4-3-9-16/h5,8,10,14H,6-7,9,11,16H2,1-2H3.